The largest absolute Gasteiger partial charge is 0.337 e. The van der Waals surface area contributed by atoms with Gasteiger partial charge in [0.05, 0.1) is 11.4 Å². The van der Waals surface area contributed by atoms with Gasteiger partial charge >= 0.3 is 0 Å². The minimum Gasteiger partial charge on any atom is -0.337 e. The molecule has 0 radical (unpaired) electrons. The number of hydrogen-bond donors (Lipinski definition) is 1. The van der Waals surface area contributed by atoms with E-state index in [0.717, 1.165) is 47.8 Å². The molecule has 1 aliphatic carbocycles. The Labute approximate surface area is 123 Å². The zero-order valence-electron chi connectivity index (χ0n) is 11.9. The molecule has 0 atom stereocenters. The zero-order valence-corrected chi connectivity index (χ0v) is 12.7. The first-order valence-electron chi connectivity index (χ1n) is 6.92. The van der Waals surface area contributed by atoms with Crippen molar-refractivity contribution < 1.29 is 0 Å². The van der Waals surface area contributed by atoms with Crippen molar-refractivity contribution in [2.45, 2.75) is 39.0 Å². The van der Waals surface area contributed by atoms with Crippen LogP contribution in [-0.4, -0.2) is 19.7 Å². The fraction of sp³-hybridized carbons (Fsp3) is 0.500. The summed E-state index contributed by atoms with van der Waals surface area (Å²) in [5.41, 5.74) is 2.88. The van der Waals surface area contributed by atoms with Crippen LogP contribution in [0.4, 0.5) is 11.5 Å². The van der Waals surface area contributed by atoms with Crippen LogP contribution in [0, 0.1) is 6.92 Å². The predicted octanol–water partition coefficient (Wildman–Crippen LogP) is 3.36. The number of aryl methyl sites for hydroxylation is 2. The Hall–Kier alpha value is -1.62. The first kappa shape index (κ1) is 13.4. The molecule has 20 heavy (non-hydrogen) atoms. The Balaban J connectivity index is 1.96. The molecule has 3 rings (SSSR count). The van der Waals surface area contributed by atoms with Gasteiger partial charge in [0.25, 0.3) is 0 Å². The molecule has 2 aromatic heterocycles. The van der Waals surface area contributed by atoms with Crippen LogP contribution < -0.4 is 5.32 Å². The van der Waals surface area contributed by atoms with Crippen LogP contribution in [-0.2, 0) is 13.5 Å². The van der Waals surface area contributed by atoms with E-state index in [-0.39, 0.29) is 0 Å². The lowest BCUT2D eigenvalue weighted by atomic mass is 10.2. The van der Waals surface area contributed by atoms with Crippen LogP contribution >= 0.6 is 11.6 Å². The summed E-state index contributed by atoms with van der Waals surface area (Å²) in [6, 6.07) is 0. The molecule has 0 aromatic carbocycles. The minimum absolute atomic E-state index is 0.480. The maximum absolute atomic E-state index is 6.22. The monoisotopic (exact) mass is 291 g/mol. The number of anilines is 2. The smallest absolute Gasteiger partial charge is 0.138 e. The summed E-state index contributed by atoms with van der Waals surface area (Å²) in [5.74, 6) is 2.12. The molecule has 1 fully saturated rings. The van der Waals surface area contributed by atoms with Crippen LogP contribution in [0.3, 0.4) is 0 Å². The second-order valence-corrected chi connectivity index (χ2v) is 5.62. The molecule has 5 nitrogen and oxygen atoms in total. The quantitative estimate of drug-likeness (QED) is 0.878. The fourth-order valence-corrected chi connectivity index (χ4v) is 2.36. The number of hydrogen-bond acceptors (Lipinski definition) is 4. The van der Waals surface area contributed by atoms with E-state index in [1.165, 1.54) is 0 Å². The molecule has 2 aromatic rings. The lowest BCUT2D eigenvalue weighted by molar-refractivity contribution is 0.746. The van der Waals surface area contributed by atoms with Gasteiger partial charge in [0.2, 0.25) is 0 Å². The molecule has 1 saturated carbocycles. The molecule has 106 valence electrons. The van der Waals surface area contributed by atoms with E-state index >= 15 is 0 Å². The molecule has 0 spiro atoms. The van der Waals surface area contributed by atoms with Gasteiger partial charge in [0, 0.05) is 24.7 Å². The van der Waals surface area contributed by atoms with Crippen molar-refractivity contribution in [3.05, 3.63) is 28.4 Å². The van der Waals surface area contributed by atoms with E-state index in [1.807, 2.05) is 20.2 Å². The zero-order chi connectivity index (χ0) is 14.3. The Morgan fingerprint density at radius 1 is 1.40 bits per heavy atom. The van der Waals surface area contributed by atoms with Crippen molar-refractivity contribution in [3.63, 3.8) is 0 Å². The van der Waals surface area contributed by atoms with E-state index in [0.29, 0.717) is 11.1 Å². The van der Waals surface area contributed by atoms with Crippen LogP contribution in [0.2, 0.25) is 5.15 Å². The maximum atomic E-state index is 6.22. The maximum Gasteiger partial charge on any atom is 0.138 e. The highest BCUT2D eigenvalue weighted by molar-refractivity contribution is 6.30. The normalized spacial score (nSPS) is 14.6. The van der Waals surface area contributed by atoms with Crippen LogP contribution in [0.5, 0.6) is 0 Å². The third-order valence-electron chi connectivity index (χ3n) is 3.54. The Morgan fingerprint density at radius 2 is 2.15 bits per heavy atom. The highest BCUT2D eigenvalue weighted by Crippen LogP contribution is 2.39. The third kappa shape index (κ3) is 2.50. The van der Waals surface area contributed by atoms with Crippen molar-refractivity contribution in [3.8, 4) is 0 Å². The summed E-state index contributed by atoms with van der Waals surface area (Å²) in [4.78, 5) is 9.01. The van der Waals surface area contributed by atoms with Gasteiger partial charge in [-0.3, -0.25) is 4.68 Å². The Morgan fingerprint density at radius 3 is 2.80 bits per heavy atom. The molecular weight excluding hydrogens is 274 g/mol. The van der Waals surface area contributed by atoms with Crippen LogP contribution in [0.25, 0.3) is 0 Å². The molecule has 1 aliphatic rings. The molecule has 0 unspecified atom stereocenters. The summed E-state index contributed by atoms with van der Waals surface area (Å²) < 4.78 is 1.81. The number of halogens is 1. The van der Waals surface area contributed by atoms with Gasteiger partial charge in [-0.05, 0) is 26.2 Å². The highest BCUT2D eigenvalue weighted by Gasteiger charge is 2.28. The van der Waals surface area contributed by atoms with Crippen LogP contribution in [0.15, 0.2) is 6.20 Å². The second kappa shape index (κ2) is 5.05. The van der Waals surface area contributed by atoms with Gasteiger partial charge < -0.3 is 5.32 Å². The number of nitrogens with zero attached hydrogens (tertiary/aromatic N) is 4. The van der Waals surface area contributed by atoms with Crippen LogP contribution in [0.1, 0.15) is 42.8 Å². The number of aromatic nitrogens is 4. The van der Waals surface area contributed by atoms with E-state index in [1.54, 1.807) is 4.68 Å². The molecular formula is C14H18ClN5. The van der Waals surface area contributed by atoms with Gasteiger partial charge in [-0.1, -0.05) is 18.5 Å². The standard InChI is InChI=1S/C14H18ClN5/c1-4-10-11(7-20(3)19-10)16-13-8(2)12(15)17-14(18-13)9-5-6-9/h7,9H,4-6H2,1-3H3,(H,16,17,18). The van der Waals surface area contributed by atoms with Crippen molar-refractivity contribution in [1.82, 2.24) is 19.7 Å². The van der Waals surface area contributed by atoms with Gasteiger partial charge in [0.15, 0.2) is 0 Å². The average Bonchev–Trinajstić information content (AvgIpc) is 3.19. The Bertz CT molecular complexity index is 645. The summed E-state index contributed by atoms with van der Waals surface area (Å²) in [5, 5.41) is 8.32. The van der Waals surface area contributed by atoms with Crippen molar-refractivity contribution in [2.24, 2.45) is 7.05 Å². The number of rotatable bonds is 4. The fourth-order valence-electron chi connectivity index (χ4n) is 2.18. The Kier molecular flexibility index (Phi) is 3.38. The van der Waals surface area contributed by atoms with E-state index in [9.17, 15) is 0 Å². The molecule has 0 aliphatic heterocycles. The molecule has 0 bridgehead atoms. The average molecular weight is 292 g/mol. The first-order valence-corrected chi connectivity index (χ1v) is 7.29. The molecule has 6 heteroatoms. The van der Waals surface area contributed by atoms with Crippen molar-refractivity contribution in [1.29, 1.82) is 0 Å². The minimum atomic E-state index is 0.480. The van der Waals surface area contributed by atoms with Crippen molar-refractivity contribution >= 4 is 23.1 Å². The van der Waals surface area contributed by atoms with Crippen molar-refractivity contribution in [2.75, 3.05) is 5.32 Å². The molecule has 0 amide bonds. The van der Waals surface area contributed by atoms with Gasteiger partial charge in [0.1, 0.15) is 16.8 Å². The molecule has 2 heterocycles. The summed E-state index contributed by atoms with van der Waals surface area (Å²) in [6.45, 7) is 4.02. The highest BCUT2D eigenvalue weighted by atomic mass is 35.5. The molecule has 1 N–H and O–H groups in total. The predicted molar refractivity (Wildman–Crippen MR) is 79.6 cm³/mol. The molecule has 0 saturated heterocycles. The summed E-state index contributed by atoms with van der Waals surface area (Å²) in [7, 11) is 1.92. The second-order valence-electron chi connectivity index (χ2n) is 5.26. The topological polar surface area (TPSA) is 55.6 Å². The lowest BCUT2D eigenvalue weighted by Gasteiger charge is -2.10. The summed E-state index contributed by atoms with van der Waals surface area (Å²) in [6.07, 6.45) is 5.15. The number of nitrogens with one attached hydrogen (secondary N) is 1. The van der Waals surface area contributed by atoms with E-state index < -0.39 is 0 Å². The lowest BCUT2D eigenvalue weighted by Crippen LogP contribution is -2.03. The third-order valence-corrected chi connectivity index (χ3v) is 3.91. The summed E-state index contributed by atoms with van der Waals surface area (Å²) >= 11 is 6.22. The van der Waals surface area contributed by atoms with Gasteiger partial charge in [-0.25, -0.2) is 9.97 Å². The van der Waals surface area contributed by atoms with E-state index in [2.05, 4.69) is 27.3 Å². The van der Waals surface area contributed by atoms with Gasteiger partial charge in [-0.2, -0.15) is 5.10 Å². The van der Waals surface area contributed by atoms with Gasteiger partial charge in [-0.15, -0.1) is 0 Å². The SMILES string of the molecule is CCc1nn(C)cc1Nc1nc(C2CC2)nc(Cl)c1C. The van der Waals surface area contributed by atoms with E-state index in [4.69, 9.17) is 11.6 Å². The first-order chi connectivity index (χ1) is 9.58.